The maximum atomic E-state index is 5.33. The van der Waals surface area contributed by atoms with Gasteiger partial charge in [-0.15, -0.1) is 0 Å². The van der Waals surface area contributed by atoms with E-state index in [1.165, 1.54) is 5.56 Å². The van der Waals surface area contributed by atoms with Crippen molar-refractivity contribution in [3.05, 3.63) is 206 Å². The molecular formula is C54H40N2O2. The van der Waals surface area contributed by atoms with Gasteiger partial charge in [-0.25, -0.2) is 9.97 Å². The third-order valence-corrected chi connectivity index (χ3v) is 10.6. The molecule has 0 saturated heterocycles. The van der Waals surface area contributed by atoms with E-state index in [1.807, 2.05) is 30.3 Å². The molecule has 0 N–H and O–H groups in total. The first kappa shape index (κ1) is 36.1. The largest absolute Gasteiger partial charge is 0.497 e. The molecule has 0 aliphatic heterocycles. The lowest BCUT2D eigenvalue weighted by molar-refractivity contribution is 0.415. The van der Waals surface area contributed by atoms with Gasteiger partial charge in [-0.2, -0.15) is 0 Å². The fourth-order valence-corrected chi connectivity index (χ4v) is 7.26. The van der Waals surface area contributed by atoms with Gasteiger partial charge >= 0.3 is 0 Å². The summed E-state index contributed by atoms with van der Waals surface area (Å²) in [5.41, 5.74) is 16.3. The lowest BCUT2D eigenvalue weighted by atomic mass is 9.98. The van der Waals surface area contributed by atoms with Crippen molar-refractivity contribution < 1.29 is 9.47 Å². The number of benzene rings is 8. The van der Waals surface area contributed by atoms with E-state index < -0.39 is 0 Å². The van der Waals surface area contributed by atoms with Crippen LogP contribution < -0.4 is 9.47 Å². The predicted molar refractivity (Wildman–Crippen MR) is 239 cm³/mol. The van der Waals surface area contributed by atoms with Crippen molar-refractivity contribution >= 4 is 0 Å². The second-order valence-electron chi connectivity index (χ2n) is 14.2. The molecule has 0 atom stereocenters. The Bertz CT molecular complexity index is 2610. The molecule has 0 radical (unpaired) electrons. The Kier molecular flexibility index (Phi) is 10.1. The topological polar surface area (TPSA) is 44.2 Å². The Morgan fingerprint density at radius 3 is 0.793 bits per heavy atom. The minimum atomic E-state index is 0.684. The van der Waals surface area contributed by atoms with Gasteiger partial charge in [0.15, 0.2) is 5.82 Å². The van der Waals surface area contributed by atoms with Crippen molar-refractivity contribution in [3.8, 4) is 101 Å². The van der Waals surface area contributed by atoms with Crippen LogP contribution in [-0.4, -0.2) is 24.2 Å². The smallest absolute Gasteiger partial charge is 0.160 e. The van der Waals surface area contributed by atoms with E-state index >= 15 is 0 Å². The number of ether oxygens (including phenoxy) is 2. The number of aromatic nitrogens is 2. The average Bonchev–Trinajstić information content (AvgIpc) is 3.32. The number of hydrogen-bond donors (Lipinski definition) is 0. The van der Waals surface area contributed by atoms with Crippen LogP contribution in [0.2, 0.25) is 0 Å². The second kappa shape index (κ2) is 16.3. The normalized spacial score (nSPS) is 10.9. The second-order valence-corrected chi connectivity index (χ2v) is 14.2. The molecule has 0 amide bonds. The fraction of sp³-hybridized carbons (Fsp3) is 0.0370. The van der Waals surface area contributed by atoms with E-state index in [9.17, 15) is 0 Å². The van der Waals surface area contributed by atoms with E-state index in [4.69, 9.17) is 19.4 Å². The molecule has 0 fully saturated rings. The van der Waals surface area contributed by atoms with Crippen LogP contribution in [0, 0.1) is 0 Å². The maximum absolute atomic E-state index is 5.33. The van der Waals surface area contributed by atoms with Gasteiger partial charge in [-0.1, -0.05) is 176 Å². The van der Waals surface area contributed by atoms with Crippen LogP contribution >= 0.6 is 0 Å². The van der Waals surface area contributed by atoms with Crippen LogP contribution in [0.4, 0.5) is 0 Å². The van der Waals surface area contributed by atoms with Crippen molar-refractivity contribution in [1.29, 1.82) is 0 Å². The third-order valence-electron chi connectivity index (χ3n) is 10.6. The highest BCUT2D eigenvalue weighted by molar-refractivity contribution is 5.78. The van der Waals surface area contributed by atoms with Gasteiger partial charge in [0, 0.05) is 16.7 Å². The molecule has 278 valence electrons. The van der Waals surface area contributed by atoms with Crippen LogP contribution in [0.5, 0.6) is 11.5 Å². The molecule has 1 heterocycles. The highest BCUT2D eigenvalue weighted by Crippen LogP contribution is 2.33. The zero-order valence-electron chi connectivity index (χ0n) is 32.3. The van der Waals surface area contributed by atoms with E-state index in [1.54, 1.807) is 14.2 Å². The van der Waals surface area contributed by atoms with Gasteiger partial charge in [-0.3, -0.25) is 0 Å². The standard InChI is InChI=1S/C54H40N2O2/c1-57-50-32-28-45(29-33-50)41-12-8-39(9-13-41)43-16-22-47(23-17-43)52-36-53(56-54(55-52)49-26-20-38(21-27-49)37-6-4-3-5-7-37)48-24-18-44(19-25-48)40-10-14-42(15-11-40)46-30-34-51(58-2)35-31-46/h3-36H,1-2H3. The molecule has 8 aromatic carbocycles. The van der Waals surface area contributed by atoms with Gasteiger partial charge < -0.3 is 9.47 Å². The quantitative estimate of drug-likeness (QED) is 0.140. The summed E-state index contributed by atoms with van der Waals surface area (Å²) in [4.78, 5) is 10.3. The van der Waals surface area contributed by atoms with Crippen LogP contribution in [0.3, 0.4) is 0 Å². The van der Waals surface area contributed by atoms with Crippen molar-refractivity contribution in [2.24, 2.45) is 0 Å². The van der Waals surface area contributed by atoms with Crippen molar-refractivity contribution in [3.63, 3.8) is 0 Å². The van der Waals surface area contributed by atoms with Gasteiger partial charge in [0.05, 0.1) is 25.6 Å². The Hall–Kier alpha value is -7.56. The molecule has 9 aromatic rings. The number of hydrogen-bond acceptors (Lipinski definition) is 4. The van der Waals surface area contributed by atoms with Gasteiger partial charge in [0.25, 0.3) is 0 Å². The van der Waals surface area contributed by atoms with Crippen LogP contribution in [-0.2, 0) is 0 Å². The summed E-state index contributed by atoms with van der Waals surface area (Å²) >= 11 is 0. The Balaban J connectivity index is 1.01. The molecule has 0 unspecified atom stereocenters. The molecular weight excluding hydrogens is 709 g/mol. The summed E-state index contributed by atoms with van der Waals surface area (Å²) in [6.07, 6.45) is 0. The van der Waals surface area contributed by atoms with Gasteiger partial charge in [0.1, 0.15) is 11.5 Å². The zero-order valence-corrected chi connectivity index (χ0v) is 32.3. The Morgan fingerprint density at radius 2 is 0.500 bits per heavy atom. The third kappa shape index (κ3) is 7.77. The molecule has 0 spiro atoms. The molecule has 1 aromatic heterocycles. The molecule has 4 nitrogen and oxygen atoms in total. The van der Waals surface area contributed by atoms with Crippen LogP contribution in [0.1, 0.15) is 0 Å². The molecule has 0 saturated carbocycles. The van der Waals surface area contributed by atoms with E-state index in [-0.39, 0.29) is 0 Å². The predicted octanol–water partition coefficient (Wildman–Crippen LogP) is 13.8. The van der Waals surface area contributed by atoms with Crippen LogP contribution in [0.25, 0.3) is 89.5 Å². The molecule has 0 aliphatic carbocycles. The minimum absolute atomic E-state index is 0.684. The number of rotatable bonds is 10. The van der Waals surface area contributed by atoms with Crippen molar-refractivity contribution in [2.75, 3.05) is 14.2 Å². The van der Waals surface area contributed by atoms with Gasteiger partial charge in [0.2, 0.25) is 0 Å². The highest BCUT2D eigenvalue weighted by Gasteiger charge is 2.13. The Morgan fingerprint density at radius 1 is 0.259 bits per heavy atom. The first-order valence-corrected chi connectivity index (χ1v) is 19.4. The van der Waals surface area contributed by atoms with E-state index in [0.29, 0.717) is 5.82 Å². The first-order valence-electron chi connectivity index (χ1n) is 19.4. The molecule has 0 aliphatic rings. The molecule has 9 rings (SSSR count). The van der Waals surface area contributed by atoms with Crippen molar-refractivity contribution in [1.82, 2.24) is 9.97 Å². The highest BCUT2D eigenvalue weighted by atomic mass is 16.5. The average molecular weight is 749 g/mol. The summed E-state index contributed by atoms with van der Waals surface area (Å²) in [6, 6.07) is 72.0. The SMILES string of the molecule is COc1ccc(-c2ccc(-c3ccc(-c4cc(-c5ccc(-c6ccc(-c7ccc(OC)cc7)cc6)cc5)nc(-c5ccc(-c6ccccc6)cc5)n4)cc3)cc2)cc1. The summed E-state index contributed by atoms with van der Waals surface area (Å²) in [5.74, 6) is 2.39. The molecule has 4 heteroatoms. The maximum Gasteiger partial charge on any atom is 0.160 e. The van der Waals surface area contributed by atoms with E-state index in [2.05, 4.69) is 176 Å². The lowest BCUT2D eigenvalue weighted by Gasteiger charge is -2.12. The fourth-order valence-electron chi connectivity index (χ4n) is 7.26. The molecule has 58 heavy (non-hydrogen) atoms. The summed E-state index contributed by atoms with van der Waals surface area (Å²) in [6.45, 7) is 0. The minimum Gasteiger partial charge on any atom is -0.497 e. The first-order chi connectivity index (χ1) is 28.6. The lowest BCUT2D eigenvalue weighted by Crippen LogP contribution is -1.96. The number of nitrogens with zero attached hydrogens (tertiary/aromatic N) is 2. The monoisotopic (exact) mass is 748 g/mol. The zero-order chi connectivity index (χ0) is 39.3. The van der Waals surface area contributed by atoms with Crippen LogP contribution in [0.15, 0.2) is 206 Å². The number of methoxy groups -OCH3 is 2. The van der Waals surface area contributed by atoms with E-state index in [0.717, 1.165) is 89.6 Å². The Labute approximate surface area is 339 Å². The van der Waals surface area contributed by atoms with Gasteiger partial charge in [-0.05, 0) is 86.0 Å². The summed E-state index contributed by atoms with van der Waals surface area (Å²) < 4.78 is 10.7. The summed E-state index contributed by atoms with van der Waals surface area (Å²) in [7, 11) is 3.37. The molecule has 0 bridgehead atoms. The van der Waals surface area contributed by atoms with Crippen molar-refractivity contribution in [2.45, 2.75) is 0 Å². The summed E-state index contributed by atoms with van der Waals surface area (Å²) in [5, 5.41) is 0.